The van der Waals surface area contributed by atoms with Gasteiger partial charge < -0.3 is 52.8 Å². The summed E-state index contributed by atoms with van der Waals surface area (Å²) >= 11 is 0. The molecule has 1 aliphatic rings. The molecule has 6 amide bonds. The predicted octanol–water partition coefficient (Wildman–Crippen LogP) is 2.56. The van der Waals surface area contributed by atoms with Crippen molar-refractivity contribution in [2.45, 2.75) is 71.1 Å². The minimum atomic E-state index is -1.53. The van der Waals surface area contributed by atoms with Crippen molar-refractivity contribution in [1.29, 1.82) is 5.26 Å². The summed E-state index contributed by atoms with van der Waals surface area (Å²) in [6.07, 6.45) is 0.323. The van der Waals surface area contributed by atoms with E-state index in [0.717, 1.165) is 22.4 Å². The van der Waals surface area contributed by atoms with Crippen LogP contribution in [0.5, 0.6) is 11.5 Å². The van der Waals surface area contributed by atoms with Crippen molar-refractivity contribution in [3.8, 4) is 39.8 Å². The second-order valence-corrected chi connectivity index (χ2v) is 16.6. The highest BCUT2D eigenvalue weighted by Crippen LogP contribution is 2.40. The van der Waals surface area contributed by atoms with Crippen LogP contribution in [0, 0.1) is 24.2 Å². The van der Waals surface area contributed by atoms with Crippen LogP contribution in [0.4, 0.5) is 0 Å². The number of aryl methyl sites for hydroxylation is 1. The van der Waals surface area contributed by atoms with Crippen LogP contribution < -0.4 is 47.9 Å². The molecule has 348 valence electrons. The topological polar surface area (TPSA) is 274 Å². The number of benzene rings is 4. The lowest BCUT2D eigenvalue weighted by molar-refractivity contribution is -0.142. The first-order chi connectivity index (χ1) is 31.5. The van der Waals surface area contributed by atoms with E-state index in [0.29, 0.717) is 39.7 Å². The molecule has 17 heteroatoms. The van der Waals surface area contributed by atoms with Crippen LogP contribution >= 0.6 is 0 Å². The van der Waals surface area contributed by atoms with E-state index in [2.05, 4.69) is 47.2 Å². The molecular formula is C49H59N9O8. The Balaban J connectivity index is 1.57. The van der Waals surface area contributed by atoms with Gasteiger partial charge in [-0.05, 0) is 89.9 Å². The molecule has 17 nitrogen and oxygen atoms in total. The summed E-state index contributed by atoms with van der Waals surface area (Å²) in [5, 5.41) is 19.7. The van der Waals surface area contributed by atoms with Gasteiger partial charge in [-0.25, -0.2) is 0 Å². The smallest absolute Gasteiger partial charge is 0.252 e. The highest BCUT2D eigenvalue weighted by Gasteiger charge is 2.37. The fourth-order valence-electron chi connectivity index (χ4n) is 7.75. The number of nitrogens with zero attached hydrogens (tertiary/aromatic N) is 2. The van der Waals surface area contributed by atoms with E-state index in [1.165, 1.54) is 19.5 Å². The van der Waals surface area contributed by atoms with E-state index in [9.17, 15) is 28.8 Å². The normalized spacial score (nSPS) is 16.4. The molecule has 0 fully saturated rings. The van der Waals surface area contributed by atoms with E-state index in [1.54, 1.807) is 55.5 Å². The lowest BCUT2D eigenvalue weighted by Gasteiger charge is -2.32. The van der Waals surface area contributed by atoms with E-state index in [-0.39, 0.29) is 50.4 Å². The highest BCUT2D eigenvalue weighted by molar-refractivity contribution is 6.01. The largest absolute Gasteiger partial charge is 0.492 e. The predicted molar refractivity (Wildman–Crippen MR) is 249 cm³/mol. The van der Waals surface area contributed by atoms with Gasteiger partial charge in [0.1, 0.15) is 55.4 Å². The lowest BCUT2D eigenvalue weighted by atomic mass is 9.93. The average Bonchev–Trinajstić information content (AvgIpc) is 3.28. The van der Waals surface area contributed by atoms with Crippen LogP contribution in [0.15, 0.2) is 78.9 Å². The second-order valence-electron chi connectivity index (χ2n) is 16.6. The third-order valence-corrected chi connectivity index (χ3v) is 11.0. The zero-order valence-electron chi connectivity index (χ0n) is 37.9. The van der Waals surface area contributed by atoms with Crippen molar-refractivity contribution in [1.82, 2.24) is 26.2 Å². The molecule has 0 saturated carbocycles. The molecule has 0 radical (unpaired) electrons. The number of likely N-dealkylation sites (N-methyl/N-ethyl adjacent to an activating group) is 1. The number of carbonyl (C=O) groups is 6. The first-order valence-electron chi connectivity index (χ1n) is 21.8. The van der Waals surface area contributed by atoms with Gasteiger partial charge in [-0.2, -0.15) is 5.26 Å². The minimum absolute atomic E-state index is 0.0185. The summed E-state index contributed by atoms with van der Waals surface area (Å²) in [5.74, 6) is -3.36. The minimum Gasteiger partial charge on any atom is -0.492 e. The molecule has 0 spiro atoms. The Kier molecular flexibility index (Phi) is 17.4. The standard InChI is InChI=1S/C49H59N9O8/c1-28(2)22-31-6-9-33(10-7-31)34-11-13-36(29(3)23-34)46(61)57-40(27-43(53)59)49(64)58(5)44-35-12-15-42(66-21-18-52)38(26-35)37-24-32(8-14-41(37)65-20-17-51)25-39(47(62)54-19-16-50)56-45(60)30(4)55-48(44)63/h6-15,23-24,26,28,30,39-40,44H,17-22,25,27,51-52H2,1-5H3,(H2,53,59)(H,54,62)(H,55,63)(H,56,60)(H,57,61)/t30-,39-,40-,44-/m0/s1. The first-order valence-corrected chi connectivity index (χ1v) is 21.8. The molecule has 1 heterocycles. The quantitative estimate of drug-likeness (QED) is 0.0757. The van der Waals surface area contributed by atoms with Crippen LogP contribution in [0.2, 0.25) is 0 Å². The Labute approximate surface area is 384 Å². The number of carbonyl (C=O) groups excluding carboxylic acids is 6. The van der Waals surface area contributed by atoms with E-state index in [1.807, 2.05) is 24.3 Å². The van der Waals surface area contributed by atoms with Crippen LogP contribution in [0.25, 0.3) is 22.3 Å². The Morgan fingerprint density at radius 3 is 2.11 bits per heavy atom. The monoisotopic (exact) mass is 901 g/mol. The van der Waals surface area contributed by atoms with Crippen LogP contribution in [-0.4, -0.2) is 98.4 Å². The van der Waals surface area contributed by atoms with Gasteiger partial charge in [0.2, 0.25) is 29.5 Å². The van der Waals surface area contributed by atoms with Gasteiger partial charge in [-0.15, -0.1) is 0 Å². The van der Waals surface area contributed by atoms with Crippen molar-refractivity contribution in [3.05, 3.63) is 107 Å². The van der Waals surface area contributed by atoms with Gasteiger partial charge >= 0.3 is 0 Å². The third-order valence-electron chi connectivity index (χ3n) is 11.0. The molecule has 4 aromatic carbocycles. The molecule has 66 heavy (non-hydrogen) atoms. The molecule has 4 aromatic rings. The SMILES string of the molecule is Cc1cc(-c2ccc(CC(C)C)cc2)ccc1C(=O)N[C@@H](CC(N)=O)C(=O)N(C)[C@@H]1C(=O)N[C@@H](C)C(=O)N[C@H](C(=O)NCC#N)Cc2ccc(OCCN)c(c2)-c2cc1ccc2OCCN. The number of primary amides is 1. The number of fused-ring (bicyclic) bond motifs is 5. The number of rotatable bonds is 17. The number of nitriles is 1. The van der Waals surface area contributed by atoms with Crippen molar-refractivity contribution < 1.29 is 38.2 Å². The molecule has 0 saturated heterocycles. The van der Waals surface area contributed by atoms with Crippen LogP contribution in [0.3, 0.4) is 0 Å². The highest BCUT2D eigenvalue weighted by atomic mass is 16.5. The van der Waals surface area contributed by atoms with Gasteiger partial charge in [0.15, 0.2) is 0 Å². The summed E-state index contributed by atoms with van der Waals surface area (Å²) in [4.78, 5) is 83.8. The number of ether oxygens (including phenoxy) is 2. The maximum atomic E-state index is 14.7. The number of hydrogen-bond donors (Lipinski definition) is 7. The number of nitrogens with two attached hydrogens (primary N) is 3. The Morgan fingerprint density at radius 1 is 0.864 bits per heavy atom. The summed E-state index contributed by atoms with van der Waals surface area (Å²) < 4.78 is 12.1. The van der Waals surface area contributed by atoms with Crippen molar-refractivity contribution in [3.63, 3.8) is 0 Å². The van der Waals surface area contributed by atoms with Crippen molar-refractivity contribution in [2.75, 3.05) is 39.9 Å². The van der Waals surface area contributed by atoms with Crippen molar-refractivity contribution >= 4 is 35.4 Å². The molecule has 0 aromatic heterocycles. The van der Waals surface area contributed by atoms with Crippen LogP contribution in [-0.2, 0) is 36.8 Å². The summed E-state index contributed by atoms with van der Waals surface area (Å²) in [7, 11) is 1.33. The zero-order valence-corrected chi connectivity index (χ0v) is 37.9. The first kappa shape index (κ1) is 49.7. The molecule has 0 unspecified atom stereocenters. The van der Waals surface area contributed by atoms with Gasteiger partial charge in [0.05, 0.1) is 12.5 Å². The van der Waals surface area contributed by atoms with E-state index < -0.39 is 66.0 Å². The maximum Gasteiger partial charge on any atom is 0.252 e. The number of amides is 6. The fourth-order valence-corrected chi connectivity index (χ4v) is 7.75. The second kappa shape index (κ2) is 23.1. The molecule has 4 atom stereocenters. The van der Waals surface area contributed by atoms with Gasteiger partial charge in [0, 0.05) is 43.2 Å². The number of hydrogen-bond acceptors (Lipinski definition) is 11. The maximum absolute atomic E-state index is 14.7. The summed E-state index contributed by atoms with van der Waals surface area (Å²) in [5.41, 5.74) is 22.9. The third kappa shape index (κ3) is 12.7. The van der Waals surface area contributed by atoms with Gasteiger partial charge in [0.25, 0.3) is 5.91 Å². The van der Waals surface area contributed by atoms with Crippen LogP contribution in [0.1, 0.15) is 65.8 Å². The fraction of sp³-hybridized carbons (Fsp3) is 0.367. The zero-order chi connectivity index (χ0) is 48.1. The Hall–Kier alpha value is -7.29. The van der Waals surface area contributed by atoms with E-state index >= 15 is 0 Å². The molecular weight excluding hydrogens is 843 g/mol. The molecule has 0 aliphatic carbocycles. The van der Waals surface area contributed by atoms with Crippen molar-refractivity contribution in [2.24, 2.45) is 23.1 Å². The molecule has 5 rings (SSSR count). The van der Waals surface area contributed by atoms with Gasteiger partial charge in [-0.3, -0.25) is 28.8 Å². The summed E-state index contributed by atoms with van der Waals surface area (Å²) in [6, 6.07) is 19.9. The number of nitrogens with one attached hydrogen (secondary N) is 4. The molecule has 1 aliphatic heterocycles. The van der Waals surface area contributed by atoms with Gasteiger partial charge in [-0.1, -0.05) is 62.4 Å². The Bertz CT molecular complexity index is 2470. The Morgan fingerprint density at radius 2 is 1.50 bits per heavy atom. The lowest BCUT2D eigenvalue weighted by Crippen LogP contribution is -2.56. The molecule has 4 bridgehead atoms. The molecule has 10 N–H and O–H groups in total. The average molecular weight is 902 g/mol. The van der Waals surface area contributed by atoms with E-state index in [4.69, 9.17) is 31.9 Å². The summed E-state index contributed by atoms with van der Waals surface area (Å²) in [6.45, 7) is 7.76.